The molecular formula is C20H28N4O2. The van der Waals surface area contributed by atoms with E-state index in [1.165, 1.54) is 11.1 Å². The van der Waals surface area contributed by atoms with Gasteiger partial charge >= 0.3 is 0 Å². The van der Waals surface area contributed by atoms with Crippen molar-refractivity contribution in [1.82, 2.24) is 15.1 Å². The minimum Gasteiger partial charge on any atom is -0.380 e. The first-order chi connectivity index (χ1) is 12.5. The molecule has 1 aromatic carbocycles. The number of piperidine rings is 1. The number of ether oxygens (including phenoxy) is 1. The van der Waals surface area contributed by atoms with E-state index in [0.717, 1.165) is 24.1 Å². The molecule has 3 N–H and O–H groups in total. The maximum absolute atomic E-state index is 12.5. The maximum Gasteiger partial charge on any atom is 0.242 e. The number of carbonyl (C=O) groups excluding carboxylic acids is 1. The van der Waals surface area contributed by atoms with Crippen LogP contribution in [0.15, 0.2) is 30.5 Å². The van der Waals surface area contributed by atoms with Crippen molar-refractivity contribution >= 4 is 5.91 Å². The molecule has 2 heterocycles. The number of nitrogens with zero attached hydrogens (tertiary/aromatic N) is 2. The largest absolute Gasteiger partial charge is 0.380 e. The molecule has 0 saturated carbocycles. The number of aromatic amines is 1. The Balaban J connectivity index is 1.68. The molecule has 2 aromatic rings. The van der Waals surface area contributed by atoms with Gasteiger partial charge in [-0.1, -0.05) is 29.8 Å². The average Bonchev–Trinajstić information content (AvgIpc) is 3.16. The highest BCUT2D eigenvalue weighted by molar-refractivity contribution is 5.82. The molecule has 1 aliphatic rings. The van der Waals surface area contributed by atoms with Crippen LogP contribution in [0.25, 0.3) is 11.1 Å². The fourth-order valence-corrected chi connectivity index (χ4v) is 3.60. The van der Waals surface area contributed by atoms with Crippen LogP contribution in [0.1, 0.15) is 36.9 Å². The normalized spacial score (nSPS) is 17.9. The number of likely N-dealkylation sites (tertiary alicyclic amines) is 1. The van der Waals surface area contributed by atoms with Crippen LogP contribution in [0.2, 0.25) is 0 Å². The molecular weight excluding hydrogens is 328 g/mol. The molecule has 0 bridgehead atoms. The van der Waals surface area contributed by atoms with Crippen molar-refractivity contribution in [2.24, 2.45) is 5.73 Å². The molecule has 0 spiro atoms. The number of carbonyl (C=O) groups is 1. The van der Waals surface area contributed by atoms with Crippen LogP contribution in [-0.2, 0) is 9.53 Å². The van der Waals surface area contributed by atoms with Crippen LogP contribution in [0, 0.1) is 6.92 Å². The Hall–Kier alpha value is -2.18. The summed E-state index contributed by atoms with van der Waals surface area (Å²) >= 11 is 0. The summed E-state index contributed by atoms with van der Waals surface area (Å²) in [4.78, 5) is 14.4. The SMILES string of the molecule is CO[C@H](C)[C@H](N)C(=O)N1CCC(c2[nH]ncc2-c2cccc(C)c2)CC1. The lowest BCUT2D eigenvalue weighted by Crippen LogP contribution is -2.51. The van der Waals surface area contributed by atoms with Gasteiger partial charge in [0.25, 0.3) is 0 Å². The number of aromatic nitrogens is 2. The molecule has 140 valence electrons. The van der Waals surface area contributed by atoms with Gasteiger partial charge in [0, 0.05) is 37.4 Å². The minimum absolute atomic E-state index is 0.0266. The predicted molar refractivity (Wildman–Crippen MR) is 102 cm³/mol. The molecule has 0 unspecified atom stereocenters. The summed E-state index contributed by atoms with van der Waals surface area (Å²) in [7, 11) is 1.58. The summed E-state index contributed by atoms with van der Waals surface area (Å²) in [5.41, 5.74) is 10.7. The first-order valence-electron chi connectivity index (χ1n) is 9.18. The molecule has 26 heavy (non-hydrogen) atoms. The Bertz CT molecular complexity index is 750. The van der Waals surface area contributed by atoms with Gasteiger partial charge in [0.15, 0.2) is 0 Å². The highest BCUT2D eigenvalue weighted by Crippen LogP contribution is 2.34. The summed E-state index contributed by atoms with van der Waals surface area (Å²) < 4.78 is 5.19. The van der Waals surface area contributed by atoms with E-state index in [2.05, 4.69) is 41.4 Å². The van der Waals surface area contributed by atoms with Crippen molar-refractivity contribution in [3.8, 4) is 11.1 Å². The third-order valence-corrected chi connectivity index (χ3v) is 5.38. The lowest BCUT2D eigenvalue weighted by molar-refractivity contribution is -0.136. The van der Waals surface area contributed by atoms with Gasteiger partial charge in [-0.15, -0.1) is 0 Å². The number of methoxy groups -OCH3 is 1. The van der Waals surface area contributed by atoms with E-state index < -0.39 is 6.04 Å². The van der Waals surface area contributed by atoms with Gasteiger partial charge in [0.05, 0.1) is 12.3 Å². The standard InChI is InChI=1S/C20H28N4O2/c1-13-5-4-6-16(11-13)17-12-22-23-19(17)15-7-9-24(10-8-15)20(25)18(21)14(2)26-3/h4-6,11-12,14-15,18H,7-10,21H2,1-3H3,(H,22,23)/t14-,18+/m1/s1. The molecule has 1 aromatic heterocycles. The van der Waals surface area contributed by atoms with Gasteiger partial charge in [-0.25, -0.2) is 0 Å². The number of hydrogen-bond donors (Lipinski definition) is 2. The Morgan fingerprint density at radius 1 is 1.38 bits per heavy atom. The van der Waals surface area contributed by atoms with Crippen molar-refractivity contribution in [2.75, 3.05) is 20.2 Å². The Morgan fingerprint density at radius 3 is 2.77 bits per heavy atom. The monoisotopic (exact) mass is 356 g/mol. The Labute approximate surface area is 154 Å². The number of hydrogen-bond acceptors (Lipinski definition) is 4. The third-order valence-electron chi connectivity index (χ3n) is 5.38. The highest BCUT2D eigenvalue weighted by Gasteiger charge is 2.31. The molecule has 1 aliphatic heterocycles. The van der Waals surface area contributed by atoms with Crippen LogP contribution in [-0.4, -0.2) is 53.3 Å². The second-order valence-corrected chi connectivity index (χ2v) is 7.13. The molecule has 1 fully saturated rings. The summed E-state index contributed by atoms with van der Waals surface area (Å²) in [6.07, 6.45) is 3.43. The zero-order valence-electron chi connectivity index (χ0n) is 15.7. The van der Waals surface area contributed by atoms with Crippen LogP contribution >= 0.6 is 0 Å². The molecule has 6 heteroatoms. The molecule has 1 amide bonds. The smallest absolute Gasteiger partial charge is 0.242 e. The van der Waals surface area contributed by atoms with Gasteiger partial charge < -0.3 is 15.4 Å². The van der Waals surface area contributed by atoms with E-state index in [-0.39, 0.29) is 12.0 Å². The van der Waals surface area contributed by atoms with E-state index in [9.17, 15) is 4.79 Å². The summed E-state index contributed by atoms with van der Waals surface area (Å²) in [6, 6.07) is 7.86. The third kappa shape index (κ3) is 3.81. The van der Waals surface area contributed by atoms with Crippen LogP contribution in [0.3, 0.4) is 0 Å². The second kappa shape index (κ2) is 8.01. The lowest BCUT2D eigenvalue weighted by atomic mass is 9.89. The number of aryl methyl sites for hydroxylation is 1. The van der Waals surface area contributed by atoms with Crippen molar-refractivity contribution in [1.29, 1.82) is 0 Å². The quantitative estimate of drug-likeness (QED) is 0.862. The number of nitrogens with one attached hydrogen (secondary N) is 1. The topological polar surface area (TPSA) is 84.2 Å². The molecule has 1 saturated heterocycles. The second-order valence-electron chi connectivity index (χ2n) is 7.13. The fraction of sp³-hybridized carbons (Fsp3) is 0.500. The first kappa shape index (κ1) is 18.6. The van der Waals surface area contributed by atoms with Crippen LogP contribution in [0.4, 0.5) is 0 Å². The van der Waals surface area contributed by atoms with E-state index in [1.807, 2.05) is 18.0 Å². The van der Waals surface area contributed by atoms with E-state index in [4.69, 9.17) is 10.5 Å². The summed E-state index contributed by atoms with van der Waals surface area (Å²) in [6.45, 7) is 5.34. The predicted octanol–water partition coefficient (Wildman–Crippen LogP) is 2.45. The van der Waals surface area contributed by atoms with Gasteiger partial charge in [0.1, 0.15) is 6.04 Å². The molecule has 0 radical (unpaired) electrons. The number of amides is 1. The zero-order chi connectivity index (χ0) is 18.7. The summed E-state index contributed by atoms with van der Waals surface area (Å²) in [5.74, 6) is 0.342. The zero-order valence-corrected chi connectivity index (χ0v) is 15.7. The maximum atomic E-state index is 12.5. The first-order valence-corrected chi connectivity index (χ1v) is 9.18. The molecule has 3 rings (SSSR count). The molecule has 2 atom stereocenters. The average molecular weight is 356 g/mol. The van der Waals surface area contributed by atoms with Gasteiger partial charge in [-0.05, 0) is 32.3 Å². The number of nitrogens with two attached hydrogens (primary N) is 1. The Kier molecular flexibility index (Phi) is 5.74. The Morgan fingerprint density at radius 2 is 2.12 bits per heavy atom. The summed E-state index contributed by atoms with van der Waals surface area (Å²) in [5, 5.41) is 7.47. The van der Waals surface area contributed by atoms with E-state index in [0.29, 0.717) is 19.0 Å². The van der Waals surface area contributed by atoms with Crippen LogP contribution < -0.4 is 5.73 Å². The van der Waals surface area contributed by atoms with E-state index >= 15 is 0 Å². The highest BCUT2D eigenvalue weighted by atomic mass is 16.5. The molecule has 0 aliphatic carbocycles. The van der Waals surface area contributed by atoms with Gasteiger partial charge in [-0.2, -0.15) is 5.10 Å². The minimum atomic E-state index is -0.605. The number of rotatable bonds is 5. The van der Waals surface area contributed by atoms with Crippen molar-refractivity contribution in [3.63, 3.8) is 0 Å². The van der Waals surface area contributed by atoms with Crippen LogP contribution in [0.5, 0.6) is 0 Å². The van der Waals surface area contributed by atoms with Crippen molar-refractivity contribution in [2.45, 2.75) is 44.8 Å². The number of benzene rings is 1. The van der Waals surface area contributed by atoms with Gasteiger partial charge in [0.2, 0.25) is 5.91 Å². The van der Waals surface area contributed by atoms with Crippen molar-refractivity contribution in [3.05, 3.63) is 41.7 Å². The van der Waals surface area contributed by atoms with Gasteiger partial charge in [-0.3, -0.25) is 9.89 Å². The van der Waals surface area contributed by atoms with Crippen molar-refractivity contribution < 1.29 is 9.53 Å². The fourth-order valence-electron chi connectivity index (χ4n) is 3.60. The lowest BCUT2D eigenvalue weighted by Gasteiger charge is -2.34. The van der Waals surface area contributed by atoms with E-state index in [1.54, 1.807) is 7.11 Å². The molecule has 6 nitrogen and oxygen atoms in total. The number of H-pyrrole nitrogens is 1.